The van der Waals surface area contributed by atoms with Crippen molar-refractivity contribution in [2.45, 2.75) is 0 Å². The molecule has 0 bridgehead atoms. The third-order valence-electron chi connectivity index (χ3n) is 6.35. The average Bonchev–Trinajstić information content (AvgIpc) is 3.10. The van der Waals surface area contributed by atoms with Gasteiger partial charge in [0.2, 0.25) is 0 Å². The van der Waals surface area contributed by atoms with Crippen LogP contribution in [0.4, 0.5) is 0 Å². The molecule has 0 spiro atoms. The SMILES string of the molecule is C(=C[PH+](c1ccccc1)c1ccccc1)[PH+](c1ccccc1)c1ccccc1.[Cl][Os][Cl].c1ccc(-c2ccccn2)nc1. The molecule has 0 aliphatic rings. The Morgan fingerprint density at radius 1 is 0.395 bits per heavy atom. The van der Waals surface area contributed by atoms with Crippen molar-refractivity contribution in [1.82, 2.24) is 9.97 Å². The summed E-state index contributed by atoms with van der Waals surface area (Å²) in [7, 11) is 7.88. The zero-order valence-corrected chi connectivity index (χ0v) is 29.4. The van der Waals surface area contributed by atoms with Gasteiger partial charge in [-0.25, -0.2) is 0 Å². The molecule has 43 heavy (non-hydrogen) atoms. The Morgan fingerprint density at radius 3 is 0.884 bits per heavy atom. The first-order chi connectivity index (χ1) is 21.3. The number of rotatable bonds is 7. The van der Waals surface area contributed by atoms with Crippen molar-refractivity contribution < 1.29 is 15.4 Å². The second-order valence-corrected chi connectivity index (χ2v) is 17.4. The Balaban J connectivity index is 0.000000233. The summed E-state index contributed by atoms with van der Waals surface area (Å²) >= 11 is -0.639. The summed E-state index contributed by atoms with van der Waals surface area (Å²) in [5, 5.41) is 5.71. The molecule has 0 aliphatic carbocycles. The van der Waals surface area contributed by atoms with Crippen LogP contribution in [0.1, 0.15) is 0 Å². The van der Waals surface area contributed by atoms with E-state index in [-0.39, 0.29) is 0 Å². The zero-order valence-electron chi connectivity index (χ0n) is 23.3. The molecule has 0 saturated carbocycles. The van der Waals surface area contributed by atoms with Crippen LogP contribution in [0.5, 0.6) is 0 Å². The number of halogens is 2. The average molecular weight is 816 g/mol. The van der Waals surface area contributed by atoms with Gasteiger partial charge in [-0.15, -0.1) is 0 Å². The van der Waals surface area contributed by atoms with Gasteiger partial charge in [-0.05, 0) is 72.8 Å². The predicted molar refractivity (Wildman–Crippen MR) is 189 cm³/mol. The normalized spacial score (nSPS) is 10.6. The number of hydrogen-bond acceptors (Lipinski definition) is 2. The summed E-state index contributed by atoms with van der Waals surface area (Å²) in [5.41, 5.74) is 1.83. The molecular weight excluding hydrogens is 783 g/mol. The van der Waals surface area contributed by atoms with E-state index in [0.717, 1.165) is 11.4 Å². The minimum atomic E-state index is -0.964. The summed E-state index contributed by atoms with van der Waals surface area (Å²) in [5.74, 6) is 5.01. The number of nitrogens with zero attached hydrogens (tertiary/aromatic N) is 2. The van der Waals surface area contributed by atoms with Crippen LogP contribution in [-0.2, 0) is 15.4 Å². The van der Waals surface area contributed by atoms with E-state index in [2.05, 4.69) is 143 Å². The molecule has 0 aliphatic heterocycles. The number of hydrogen-bond donors (Lipinski definition) is 0. The van der Waals surface area contributed by atoms with E-state index in [1.807, 2.05) is 36.4 Å². The van der Waals surface area contributed by atoms with Crippen molar-refractivity contribution in [3.05, 3.63) is 182 Å². The molecule has 2 heterocycles. The summed E-state index contributed by atoms with van der Waals surface area (Å²) in [6, 6.07) is 55.3. The minimum Gasteiger partial charge on any atom is -0.255 e. The monoisotopic (exact) mass is 816 g/mol. The molecule has 0 radical (unpaired) electrons. The standard InChI is InChI=1S/C26H22P2.C10H8N2.2ClH.Os/c1-5-13-23(14-6-1)27(24-15-7-2-8-16-24)21-22-28(25-17-9-3-10-18-25)26-19-11-4-12-20-26;1-3-7-11-9(5-1)10-6-2-4-8-12-10;;;/h1-22H;1-8H;2*1H;/q;;;;+2. The largest absolute Gasteiger partial charge is 0.255 e. The van der Waals surface area contributed by atoms with Gasteiger partial charge in [0.1, 0.15) is 32.9 Å². The molecule has 4 aromatic carbocycles. The molecule has 0 saturated heterocycles. The van der Waals surface area contributed by atoms with Crippen LogP contribution in [0.25, 0.3) is 11.4 Å². The van der Waals surface area contributed by atoms with Crippen LogP contribution in [0.15, 0.2) is 182 Å². The Labute approximate surface area is 273 Å². The van der Waals surface area contributed by atoms with Gasteiger partial charge in [0.25, 0.3) is 0 Å². The molecule has 0 amide bonds. The molecular formula is C36H32Cl2N2OsP2+2. The van der Waals surface area contributed by atoms with Crippen LogP contribution in [-0.4, -0.2) is 9.97 Å². The summed E-state index contributed by atoms with van der Waals surface area (Å²) in [4.78, 5) is 8.37. The fraction of sp³-hybridized carbons (Fsp3) is 0. The van der Waals surface area contributed by atoms with Crippen LogP contribution in [0.3, 0.4) is 0 Å². The molecule has 7 heteroatoms. The Hall–Kier alpha value is -3.00. The van der Waals surface area contributed by atoms with Gasteiger partial charge < -0.3 is 0 Å². The van der Waals surface area contributed by atoms with Crippen molar-refractivity contribution >= 4 is 56.3 Å². The van der Waals surface area contributed by atoms with Crippen molar-refractivity contribution in [2.24, 2.45) is 0 Å². The summed E-state index contributed by atoms with van der Waals surface area (Å²) < 4.78 is 0. The van der Waals surface area contributed by atoms with Gasteiger partial charge >= 0.3 is 34.7 Å². The third kappa shape index (κ3) is 10.9. The van der Waals surface area contributed by atoms with Gasteiger partial charge in [-0.1, -0.05) is 84.9 Å². The van der Waals surface area contributed by atoms with Gasteiger partial charge in [-0.2, -0.15) is 0 Å². The molecule has 2 nitrogen and oxygen atoms in total. The van der Waals surface area contributed by atoms with Crippen molar-refractivity contribution in [3.8, 4) is 11.4 Å². The van der Waals surface area contributed by atoms with E-state index in [1.165, 1.54) is 21.2 Å². The Kier molecular flexibility index (Phi) is 14.8. The minimum absolute atomic E-state index is 0.639. The number of pyridine rings is 2. The molecule has 0 N–H and O–H groups in total. The van der Waals surface area contributed by atoms with E-state index in [9.17, 15) is 0 Å². The Morgan fingerprint density at radius 2 is 0.651 bits per heavy atom. The Bertz CT molecular complexity index is 1400. The maximum atomic E-state index is 4.90. The van der Waals surface area contributed by atoms with Crippen molar-refractivity contribution in [3.63, 3.8) is 0 Å². The second kappa shape index (κ2) is 19.3. The van der Waals surface area contributed by atoms with Crippen molar-refractivity contribution in [1.29, 1.82) is 0 Å². The first-order valence-corrected chi connectivity index (χ1v) is 23.1. The smallest absolute Gasteiger partial charge is 0.0886 e. The van der Waals surface area contributed by atoms with Gasteiger partial charge in [-0.3, -0.25) is 9.97 Å². The van der Waals surface area contributed by atoms with Crippen molar-refractivity contribution in [2.75, 3.05) is 0 Å². The second-order valence-electron chi connectivity index (χ2n) is 9.11. The molecule has 216 valence electrons. The molecule has 0 unspecified atom stereocenters. The molecule has 6 rings (SSSR count). The van der Waals surface area contributed by atoms with Crippen LogP contribution < -0.4 is 21.2 Å². The van der Waals surface area contributed by atoms with Gasteiger partial charge in [0, 0.05) is 12.4 Å². The van der Waals surface area contributed by atoms with Gasteiger partial charge in [0.05, 0.1) is 27.2 Å². The first-order valence-electron chi connectivity index (χ1n) is 13.6. The first kappa shape index (κ1) is 32.9. The fourth-order valence-electron chi connectivity index (χ4n) is 4.38. The zero-order chi connectivity index (χ0) is 30.0. The molecule has 0 fully saturated rings. The molecule has 6 aromatic rings. The van der Waals surface area contributed by atoms with Crippen LogP contribution >= 0.6 is 35.1 Å². The molecule has 2 aromatic heterocycles. The summed E-state index contributed by atoms with van der Waals surface area (Å²) in [6.45, 7) is 0. The van der Waals surface area contributed by atoms with E-state index in [0.29, 0.717) is 0 Å². The van der Waals surface area contributed by atoms with Crippen LogP contribution in [0, 0.1) is 0 Å². The van der Waals surface area contributed by atoms with Crippen LogP contribution in [0.2, 0.25) is 0 Å². The van der Waals surface area contributed by atoms with E-state index in [4.69, 9.17) is 19.3 Å². The third-order valence-corrected chi connectivity index (χ3v) is 11.5. The number of benzene rings is 4. The quantitative estimate of drug-likeness (QED) is 0.151. The van der Waals surface area contributed by atoms with E-state index < -0.39 is 31.3 Å². The maximum Gasteiger partial charge on any atom is 0.0886 e. The van der Waals surface area contributed by atoms with E-state index in [1.54, 1.807) is 12.4 Å². The predicted octanol–water partition coefficient (Wildman–Crippen LogP) is 8.71. The van der Waals surface area contributed by atoms with E-state index >= 15 is 0 Å². The molecule has 0 atom stereocenters. The topological polar surface area (TPSA) is 25.8 Å². The fourth-order valence-corrected chi connectivity index (χ4v) is 9.36. The van der Waals surface area contributed by atoms with Gasteiger partial charge in [0.15, 0.2) is 0 Å². The summed E-state index contributed by atoms with van der Waals surface area (Å²) in [6.07, 6.45) is 3.54. The maximum absolute atomic E-state index is 4.90. The number of aromatic nitrogens is 2.